The van der Waals surface area contributed by atoms with Gasteiger partial charge in [0.15, 0.2) is 0 Å². The molecule has 0 radical (unpaired) electrons. The molecule has 3 aromatic rings. The van der Waals surface area contributed by atoms with Crippen molar-refractivity contribution in [2.75, 3.05) is 46.6 Å². The Morgan fingerprint density at radius 2 is 1.92 bits per heavy atom. The summed E-state index contributed by atoms with van der Waals surface area (Å²) < 4.78 is 23.3. The average Bonchev–Trinajstić information content (AvgIpc) is 2.88. The summed E-state index contributed by atoms with van der Waals surface area (Å²) in [5.41, 5.74) is 1.76. The summed E-state index contributed by atoms with van der Waals surface area (Å²) in [5, 5.41) is 2.72. The van der Waals surface area contributed by atoms with Gasteiger partial charge < -0.3 is 24.3 Å². The Labute approximate surface area is 215 Å². The molecule has 0 spiro atoms. The lowest BCUT2D eigenvalue weighted by molar-refractivity contribution is 0.0321. The van der Waals surface area contributed by atoms with E-state index in [0.717, 1.165) is 24.2 Å². The molecule has 1 amide bonds. The molecular formula is C26H33N5O6. The minimum atomic E-state index is -0.605. The number of nitrogens with one attached hydrogen (secondary N) is 1. The van der Waals surface area contributed by atoms with Crippen LogP contribution in [0.25, 0.3) is 16.8 Å². The Kier molecular flexibility index (Phi) is 8.24. The number of fused-ring (bicyclic) bond motifs is 1. The quantitative estimate of drug-likeness (QED) is 0.487. The van der Waals surface area contributed by atoms with Gasteiger partial charge in [-0.15, -0.1) is 0 Å². The second-order valence-corrected chi connectivity index (χ2v) is 9.62. The van der Waals surface area contributed by atoms with Gasteiger partial charge in [-0.2, -0.15) is 0 Å². The first kappa shape index (κ1) is 26.4. The first-order valence-corrected chi connectivity index (χ1v) is 12.2. The number of rotatable bonds is 8. The predicted molar refractivity (Wildman–Crippen MR) is 137 cm³/mol. The largest absolute Gasteiger partial charge is 0.485 e. The van der Waals surface area contributed by atoms with Gasteiger partial charge in [-0.3, -0.25) is 14.1 Å². The number of aromatic nitrogens is 3. The summed E-state index contributed by atoms with van der Waals surface area (Å²) in [6.07, 6.45) is 4.28. The van der Waals surface area contributed by atoms with Gasteiger partial charge in [0.2, 0.25) is 11.6 Å². The normalized spacial score (nSPS) is 14.4. The maximum Gasteiger partial charge on any atom is 0.407 e. The summed E-state index contributed by atoms with van der Waals surface area (Å²) in [5.74, 6) is 0.577. The molecule has 1 saturated heterocycles. The summed E-state index contributed by atoms with van der Waals surface area (Å²) >= 11 is 0. The second-order valence-electron chi connectivity index (χ2n) is 9.62. The van der Waals surface area contributed by atoms with Crippen LogP contribution >= 0.6 is 0 Å². The van der Waals surface area contributed by atoms with Gasteiger partial charge in [0.1, 0.15) is 17.9 Å². The van der Waals surface area contributed by atoms with Crippen molar-refractivity contribution in [2.45, 2.75) is 32.9 Å². The Morgan fingerprint density at radius 1 is 1.14 bits per heavy atom. The zero-order valence-corrected chi connectivity index (χ0v) is 21.7. The van der Waals surface area contributed by atoms with Crippen molar-refractivity contribution < 1.29 is 23.7 Å². The SMILES string of the molecule is COc1ncc(-c2ccc3ncc(OCCN4CCOCC4)c(=O)n3c2)cc1CNC(=O)OC(C)(C)C. The Hall–Kier alpha value is -3.70. The van der Waals surface area contributed by atoms with Crippen LogP contribution < -0.4 is 20.3 Å². The predicted octanol–water partition coefficient (Wildman–Crippen LogP) is 2.50. The molecule has 198 valence electrons. The van der Waals surface area contributed by atoms with Crippen molar-refractivity contribution in [1.82, 2.24) is 24.6 Å². The number of methoxy groups -OCH3 is 1. The number of amides is 1. The van der Waals surface area contributed by atoms with Gasteiger partial charge >= 0.3 is 6.09 Å². The number of hydrogen-bond acceptors (Lipinski definition) is 9. The molecule has 0 unspecified atom stereocenters. The molecule has 1 aliphatic heterocycles. The van der Waals surface area contributed by atoms with E-state index in [4.69, 9.17) is 18.9 Å². The maximum atomic E-state index is 13.1. The van der Waals surface area contributed by atoms with E-state index in [0.29, 0.717) is 43.5 Å². The molecule has 0 aliphatic carbocycles. The van der Waals surface area contributed by atoms with Crippen LogP contribution in [-0.2, 0) is 16.0 Å². The molecule has 0 saturated carbocycles. The standard InChI is InChI=1S/C26H33N5O6/c1-26(2,3)37-25(33)29-15-20-13-19(14-28-23(20)34-4)18-5-6-22-27-16-21(24(32)31(22)17-18)36-12-9-30-7-10-35-11-8-30/h5-6,13-14,16-17H,7-12,15H2,1-4H3,(H,29,33). The third kappa shape index (κ3) is 6.95. The number of pyridine rings is 2. The highest BCUT2D eigenvalue weighted by molar-refractivity contribution is 5.68. The van der Waals surface area contributed by atoms with E-state index >= 15 is 0 Å². The Balaban J connectivity index is 1.52. The van der Waals surface area contributed by atoms with E-state index in [-0.39, 0.29) is 17.9 Å². The van der Waals surface area contributed by atoms with E-state index in [1.165, 1.54) is 17.7 Å². The minimum absolute atomic E-state index is 0.162. The van der Waals surface area contributed by atoms with Gasteiger partial charge in [-0.25, -0.2) is 14.8 Å². The summed E-state index contributed by atoms with van der Waals surface area (Å²) in [6.45, 7) is 9.78. The first-order chi connectivity index (χ1) is 17.7. The number of carbonyl (C=O) groups is 1. The van der Waals surface area contributed by atoms with Crippen LogP contribution in [-0.4, -0.2) is 77.5 Å². The van der Waals surface area contributed by atoms with E-state index in [9.17, 15) is 9.59 Å². The highest BCUT2D eigenvalue weighted by Gasteiger charge is 2.17. The molecule has 11 nitrogen and oxygen atoms in total. The number of alkyl carbamates (subject to hydrolysis) is 1. The topological polar surface area (TPSA) is 117 Å². The van der Waals surface area contributed by atoms with Crippen LogP contribution in [0.5, 0.6) is 11.6 Å². The zero-order chi connectivity index (χ0) is 26.4. The van der Waals surface area contributed by atoms with Gasteiger partial charge in [0.25, 0.3) is 5.56 Å². The summed E-state index contributed by atoms with van der Waals surface area (Å²) in [4.78, 5) is 36.2. The summed E-state index contributed by atoms with van der Waals surface area (Å²) in [6, 6.07) is 5.47. The lowest BCUT2D eigenvalue weighted by atomic mass is 10.1. The number of hydrogen-bond donors (Lipinski definition) is 1. The van der Waals surface area contributed by atoms with Crippen LogP contribution in [0.2, 0.25) is 0 Å². The van der Waals surface area contributed by atoms with Crippen molar-refractivity contribution in [3.63, 3.8) is 0 Å². The molecule has 4 heterocycles. The molecule has 1 aliphatic rings. The maximum absolute atomic E-state index is 13.1. The third-order valence-electron chi connectivity index (χ3n) is 5.71. The molecular weight excluding hydrogens is 478 g/mol. The minimum Gasteiger partial charge on any atom is -0.485 e. The number of nitrogens with zero attached hydrogens (tertiary/aromatic N) is 4. The van der Waals surface area contributed by atoms with Crippen molar-refractivity contribution in [1.29, 1.82) is 0 Å². The molecule has 1 fully saturated rings. The molecule has 4 rings (SSSR count). The smallest absolute Gasteiger partial charge is 0.407 e. The molecule has 37 heavy (non-hydrogen) atoms. The van der Waals surface area contributed by atoms with Crippen molar-refractivity contribution >= 4 is 11.7 Å². The van der Waals surface area contributed by atoms with Crippen LogP contribution in [0, 0.1) is 0 Å². The number of carbonyl (C=O) groups excluding carboxylic acids is 1. The van der Waals surface area contributed by atoms with Gasteiger partial charge in [0, 0.05) is 48.7 Å². The molecule has 0 atom stereocenters. The fourth-order valence-corrected chi connectivity index (χ4v) is 3.89. The van der Waals surface area contributed by atoms with Crippen molar-refractivity contribution in [3.05, 3.63) is 52.7 Å². The fourth-order valence-electron chi connectivity index (χ4n) is 3.89. The number of morpholine rings is 1. The molecule has 0 bridgehead atoms. The van der Waals surface area contributed by atoms with Gasteiger partial charge in [-0.05, 0) is 39.0 Å². The second kappa shape index (κ2) is 11.6. The van der Waals surface area contributed by atoms with E-state index in [1.807, 2.05) is 12.1 Å². The van der Waals surface area contributed by atoms with Crippen molar-refractivity contribution in [3.8, 4) is 22.8 Å². The van der Waals surface area contributed by atoms with Crippen molar-refractivity contribution in [2.24, 2.45) is 0 Å². The average molecular weight is 512 g/mol. The van der Waals surface area contributed by atoms with E-state index < -0.39 is 11.7 Å². The summed E-state index contributed by atoms with van der Waals surface area (Å²) in [7, 11) is 1.51. The van der Waals surface area contributed by atoms with E-state index in [1.54, 1.807) is 39.2 Å². The Morgan fingerprint density at radius 3 is 2.65 bits per heavy atom. The number of ether oxygens (including phenoxy) is 4. The van der Waals surface area contributed by atoms with E-state index in [2.05, 4.69) is 20.2 Å². The Bertz CT molecular complexity index is 1300. The third-order valence-corrected chi connectivity index (χ3v) is 5.71. The molecule has 11 heteroatoms. The molecule has 1 N–H and O–H groups in total. The van der Waals surface area contributed by atoms with Crippen LogP contribution in [0.4, 0.5) is 4.79 Å². The van der Waals surface area contributed by atoms with Crippen LogP contribution in [0.3, 0.4) is 0 Å². The fraction of sp³-hybridized carbons (Fsp3) is 0.462. The van der Waals surface area contributed by atoms with Crippen LogP contribution in [0.1, 0.15) is 26.3 Å². The molecule has 3 aromatic heterocycles. The lowest BCUT2D eigenvalue weighted by Gasteiger charge is -2.26. The van der Waals surface area contributed by atoms with Crippen LogP contribution in [0.15, 0.2) is 41.6 Å². The highest BCUT2D eigenvalue weighted by Crippen LogP contribution is 2.25. The first-order valence-electron chi connectivity index (χ1n) is 12.2. The monoisotopic (exact) mass is 511 g/mol. The van der Waals surface area contributed by atoms with Gasteiger partial charge in [-0.1, -0.05) is 0 Å². The van der Waals surface area contributed by atoms with Gasteiger partial charge in [0.05, 0.1) is 33.1 Å². The highest BCUT2D eigenvalue weighted by atomic mass is 16.6. The lowest BCUT2D eigenvalue weighted by Crippen LogP contribution is -2.38. The molecule has 0 aromatic carbocycles. The zero-order valence-electron chi connectivity index (χ0n) is 21.7.